The molecule has 0 saturated carbocycles. The first-order valence-corrected chi connectivity index (χ1v) is 2.23. The maximum absolute atomic E-state index is 11.8. The lowest BCUT2D eigenvalue weighted by Crippen LogP contribution is -2.36. The van der Waals surface area contributed by atoms with Crippen molar-refractivity contribution in [1.82, 2.24) is 0 Å². The maximum Gasteiger partial charge on any atom is 0.539 e. The average molecular weight is 158 g/mol. The Balaban J connectivity index is 2.73. The van der Waals surface area contributed by atoms with Crippen LogP contribution in [0.3, 0.4) is 0 Å². The summed E-state index contributed by atoms with van der Waals surface area (Å²) in [4.78, 5) is 0. The summed E-state index contributed by atoms with van der Waals surface area (Å²) in [6.07, 6.45) is -7.88. The van der Waals surface area contributed by atoms with Crippen molar-refractivity contribution in [2.45, 2.75) is 12.4 Å². The molecule has 0 amide bonds. The first-order valence-electron chi connectivity index (χ1n) is 2.23. The fourth-order valence-corrected chi connectivity index (χ4v) is 0.409. The van der Waals surface area contributed by atoms with Crippen molar-refractivity contribution in [2.24, 2.45) is 0 Å². The van der Waals surface area contributed by atoms with Crippen molar-refractivity contribution in [3.63, 3.8) is 0 Å². The number of rotatable bonds is 0. The fourth-order valence-electron chi connectivity index (χ4n) is 0.409. The zero-order valence-corrected chi connectivity index (χ0v) is 4.48. The number of ether oxygens (including phenoxy) is 2. The summed E-state index contributed by atoms with van der Waals surface area (Å²) in [5.41, 5.74) is 0. The molecular formula is C4H2F4O2. The second-order valence-electron chi connectivity index (χ2n) is 1.55. The molecule has 10 heavy (non-hydrogen) atoms. The summed E-state index contributed by atoms with van der Waals surface area (Å²) in [6.45, 7) is 0. The van der Waals surface area contributed by atoms with E-state index in [1.807, 2.05) is 0 Å². The van der Waals surface area contributed by atoms with Gasteiger partial charge in [0.15, 0.2) is 0 Å². The van der Waals surface area contributed by atoms with Crippen LogP contribution >= 0.6 is 0 Å². The van der Waals surface area contributed by atoms with E-state index in [1.54, 1.807) is 0 Å². The Hall–Kier alpha value is -0.780. The standard InChI is InChI=1S/C4H2F4O2/c5-3(6)1-2-9-4(7,8)10-3/h1-2H. The molecule has 1 rings (SSSR count). The van der Waals surface area contributed by atoms with Crippen molar-refractivity contribution in [3.8, 4) is 0 Å². The number of halogens is 4. The van der Waals surface area contributed by atoms with E-state index in [4.69, 9.17) is 0 Å². The van der Waals surface area contributed by atoms with Gasteiger partial charge in [-0.25, -0.2) is 4.74 Å². The van der Waals surface area contributed by atoms with Crippen LogP contribution in [0.15, 0.2) is 12.3 Å². The second-order valence-corrected chi connectivity index (χ2v) is 1.55. The largest absolute Gasteiger partial charge is 0.539 e. The van der Waals surface area contributed by atoms with Crippen molar-refractivity contribution in [3.05, 3.63) is 12.3 Å². The van der Waals surface area contributed by atoms with Crippen LogP contribution in [-0.2, 0) is 9.47 Å². The van der Waals surface area contributed by atoms with Crippen LogP contribution < -0.4 is 0 Å². The molecule has 1 heterocycles. The van der Waals surface area contributed by atoms with Gasteiger partial charge in [-0.05, 0) is 0 Å². The summed E-state index contributed by atoms with van der Waals surface area (Å²) in [7, 11) is 0. The van der Waals surface area contributed by atoms with Gasteiger partial charge in [0.1, 0.15) is 0 Å². The highest BCUT2D eigenvalue weighted by atomic mass is 19.3. The van der Waals surface area contributed by atoms with Crippen molar-refractivity contribution in [1.29, 1.82) is 0 Å². The zero-order chi connectivity index (χ0) is 7.83. The van der Waals surface area contributed by atoms with E-state index < -0.39 is 12.4 Å². The van der Waals surface area contributed by atoms with Gasteiger partial charge in [0.25, 0.3) is 0 Å². The van der Waals surface area contributed by atoms with Crippen LogP contribution in [-0.4, -0.2) is 12.4 Å². The van der Waals surface area contributed by atoms with Crippen LogP contribution in [0.2, 0.25) is 0 Å². The van der Waals surface area contributed by atoms with Gasteiger partial charge in [-0.2, -0.15) is 8.78 Å². The predicted octanol–water partition coefficient (Wildman–Crippen LogP) is 1.69. The van der Waals surface area contributed by atoms with Gasteiger partial charge in [-0.3, -0.25) is 0 Å². The topological polar surface area (TPSA) is 18.5 Å². The highest BCUT2D eigenvalue weighted by Gasteiger charge is 2.47. The van der Waals surface area contributed by atoms with E-state index in [1.165, 1.54) is 0 Å². The molecule has 58 valence electrons. The van der Waals surface area contributed by atoms with Crippen LogP contribution in [0, 0.1) is 0 Å². The molecule has 0 aromatic carbocycles. The van der Waals surface area contributed by atoms with Gasteiger partial charge in [0.2, 0.25) is 0 Å². The average Bonchev–Trinajstić information content (AvgIpc) is 1.56. The predicted molar refractivity (Wildman–Crippen MR) is 21.2 cm³/mol. The summed E-state index contributed by atoms with van der Waals surface area (Å²) < 4.78 is 53.4. The molecule has 0 aromatic rings. The third-order valence-electron chi connectivity index (χ3n) is 0.722. The van der Waals surface area contributed by atoms with E-state index in [-0.39, 0.29) is 12.3 Å². The van der Waals surface area contributed by atoms with Crippen LogP contribution in [0.5, 0.6) is 0 Å². The van der Waals surface area contributed by atoms with Crippen LogP contribution in [0.4, 0.5) is 17.6 Å². The summed E-state index contributed by atoms with van der Waals surface area (Å²) in [5, 5.41) is 0. The first-order chi connectivity index (χ1) is 4.41. The Morgan fingerprint density at radius 2 is 1.70 bits per heavy atom. The molecule has 2 nitrogen and oxygen atoms in total. The fraction of sp³-hybridized carbons (Fsp3) is 0.500. The molecule has 0 spiro atoms. The molecule has 0 bridgehead atoms. The molecule has 0 aliphatic carbocycles. The minimum atomic E-state index is -4.22. The molecule has 0 saturated heterocycles. The van der Waals surface area contributed by atoms with Crippen molar-refractivity contribution >= 4 is 0 Å². The number of alkyl halides is 4. The maximum atomic E-state index is 11.8. The smallest absolute Gasteiger partial charge is 0.417 e. The molecule has 0 N–H and O–H groups in total. The SMILES string of the molecule is FC1(F)C=COC(F)(F)O1. The van der Waals surface area contributed by atoms with Gasteiger partial charge in [-0.1, -0.05) is 0 Å². The minimum absolute atomic E-state index is 0.0877. The van der Waals surface area contributed by atoms with E-state index in [0.717, 1.165) is 0 Å². The Labute approximate surface area is 53.0 Å². The molecule has 0 radical (unpaired) electrons. The van der Waals surface area contributed by atoms with E-state index in [0.29, 0.717) is 0 Å². The number of hydrogen-bond donors (Lipinski definition) is 0. The highest BCUT2D eigenvalue weighted by molar-refractivity contribution is 4.87. The van der Waals surface area contributed by atoms with Gasteiger partial charge >= 0.3 is 12.4 Å². The Bertz CT molecular complexity index is 165. The van der Waals surface area contributed by atoms with E-state index >= 15 is 0 Å². The number of hydrogen-bond acceptors (Lipinski definition) is 2. The second kappa shape index (κ2) is 1.85. The van der Waals surface area contributed by atoms with Gasteiger partial charge < -0.3 is 4.74 Å². The summed E-state index contributed by atoms with van der Waals surface area (Å²) in [6, 6.07) is 0. The van der Waals surface area contributed by atoms with Gasteiger partial charge in [0.05, 0.1) is 6.26 Å². The first kappa shape index (κ1) is 7.33. The molecule has 1 aliphatic rings. The summed E-state index contributed by atoms with van der Waals surface area (Å²) >= 11 is 0. The monoisotopic (exact) mass is 158 g/mol. The highest BCUT2D eigenvalue weighted by Crippen LogP contribution is 2.32. The molecule has 6 heteroatoms. The Morgan fingerprint density at radius 3 is 2.00 bits per heavy atom. The lowest BCUT2D eigenvalue weighted by Gasteiger charge is -2.23. The molecule has 0 fully saturated rings. The molecular weight excluding hydrogens is 156 g/mol. The molecule has 1 aliphatic heterocycles. The normalized spacial score (nSPS) is 27.6. The van der Waals surface area contributed by atoms with Crippen LogP contribution in [0.25, 0.3) is 0 Å². The quantitative estimate of drug-likeness (QED) is 0.499. The zero-order valence-electron chi connectivity index (χ0n) is 4.48. The lowest BCUT2D eigenvalue weighted by atomic mass is 10.6. The molecule has 0 atom stereocenters. The van der Waals surface area contributed by atoms with Crippen molar-refractivity contribution < 1.29 is 27.0 Å². The Kier molecular flexibility index (Phi) is 1.36. The van der Waals surface area contributed by atoms with E-state index in [2.05, 4.69) is 9.47 Å². The molecule has 0 unspecified atom stereocenters. The third kappa shape index (κ3) is 1.60. The van der Waals surface area contributed by atoms with Gasteiger partial charge in [0, 0.05) is 6.08 Å². The Morgan fingerprint density at radius 1 is 1.10 bits per heavy atom. The summed E-state index contributed by atoms with van der Waals surface area (Å²) in [5.74, 6) is 0. The third-order valence-corrected chi connectivity index (χ3v) is 0.722. The van der Waals surface area contributed by atoms with Gasteiger partial charge in [-0.15, -0.1) is 8.78 Å². The van der Waals surface area contributed by atoms with E-state index in [9.17, 15) is 17.6 Å². The molecule has 0 aromatic heterocycles. The van der Waals surface area contributed by atoms with Crippen LogP contribution in [0.1, 0.15) is 0 Å². The minimum Gasteiger partial charge on any atom is -0.417 e. The lowest BCUT2D eigenvalue weighted by molar-refractivity contribution is -0.452. The van der Waals surface area contributed by atoms with Crippen molar-refractivity contribution in [2.75, 3.05) is 0 Å².